The van der Waals surface area contributed by atoms with Crippen LogP contribution in [0.2, 0.25) is 0 Å². The summed E-state index contributed by atoms with van der Waals surface area (Å²) >= 11 is 0. The van der Waals surface area contributed by atoms with Gasteiger partial charge in [-0.05, 0) is 38.7 Å². The van der Waals surface area contributed by atoms with E-state index in [1.807, 2.05) is 13.0 Å². The molecule has 0 aromatic rings. The highest BCUT2D eigenvalue weighted by atomic mass is 19.1. The molecule has 6 heteroatoms. The molecule has 0 aromatic heterocycles. The number of nitrogens with zero attached hydrogens (tertiary/aromatic N) is 1. The Balaban J connectivity index is 2.03. The standard InChI is InChI=1S/C18H27F2NO3/c1-17(2,3)24-16(22)21-9-7-12(14(20)11-21)18(4)8-6-15(23-5)13(19)10-18/h6,8,12,14H,7,9-11H2,1-5H3/t12-,14-,18?/m1/s1. The van der Waals surface area contributed by atoms with Gasteiger partial charge in [0.15, 0.2) is 0 Å². The van der Waals surface area contributed by atoms with E-state index in [0.717, 1.165) is 0 Å². The van der Waals surface area contributed by atoms with Crippen LogP contribution in [0.3, 0.4) is 0 Å². The summed E-state index contributed by atoms with van der Waals surface area (Å²) in [6.07, 6.45) is 2.26. The van der Waals surface area contributed by atoms with Crippen molar-refractivity contribution < 1.29 is 23.0 Å². The van der Waals surface area contributed by atoms with Crippen molar-refractivity contribution in [1.29, 1.82) is 0 Å². The Bertz CT molecular complexity index is 553. The Hall–Kier alpha value is -1.59. The van der Waals surface area contributed by atoms with Gasteiger partial charge in [0, 0.05) is 18.9 Å². The Kier molecular flexibility index (Phi) is 5.25. The summed E-state index contributed by atoms with van der Waals surface area (Å²) in [5.41, 5.74) is -1.23. The third-order valence-corrected chi connectivity index (χ3v) is 4.68. The molecule has 0 N–H and O–H groups in total. The lowest BCUT2D eigenvalue weighted by Crippen LogP contribution is -2.50. The molecule has 0 saturated carbocycles. The molecule has 0 aromatic carbocycles. The summed E-state index contributed by atoms with van der Waals surface area (Å²) in [5, 5.41) is 0. The number of ether oxygens (including phenoxy) is 2. The third-order valence-electron chi connectivity index (χ3n) is 4.68. The van der Waals surface area contributed by atoms with Gasteiger partial charge in [0.05, 0.1) is 13.7 Å². The lowest BCUT2D eigenvalue weighted by Gasteiger charge is -2.44. The molecule has 1 fully saturated rings. The number of halogens is 2. The number of carbonyl (C=O) groups is 1. The van der Waals surface area contributed by atoms with Crippen LogP contribution in [0.1, 0.15) is 40.5 Å². The first-order chi connectivity index (χ1) is 11.1. The van der Waals surface area contributed by atoms with Crippen molar-refractivity contribution in [2.75, 3.05) is 20.2 Å². The van der Waals surface area contributed by atoms with Crippen LogP contribution in [0, 0.1) is 11.3 Å². The van der Waals surface area contributed by atoms with Crippen LogP contribution < -0.4 is 0 Å². The van der Waals surface area contributed by atoms with E-state index in [4.69, 9.17) is 9.47 Å². The number of alkyl halides is 1. The van der Waals surface area contributed by atoms with Crippen LogP contribution in [0.15, 0.2) is 23.7 Å². The van der Waals surface area contributed by atoms with Gasteiger partial charge in [-0.1, -0.05) is 13.0 Å². The van der Waals surface area contributed by atoms with Crippen molar-refractivity contribution in [3.8, 4) is 0 Å². The molecule has 0 radical (unpaired) electrons. The summed E-state index contributed by atoms with van der Waals surface area (Å²) in [6.45, 7) is 7.58. The minimum absolute atomic E-state index is 0.0223. The fraction of sp³-hybridized carbons (Fsp3) is 0.722. The zero-order valence-electron chi connectivity index (χ0n) is 15.1. The fourth-order valence-corrected chi connectivity index (χ4v) is 3.41. The minimum atomic E-state index is -1.22. The zero-order valence-corrected chi connectivity index (χ0v) is 15.1. The van der Waals surface area contributed by atoms with Crippen LogP contribution in [-0.4, -0.2) is 43.0 Å². The van der Waals surface area contributed by atoms with Crippen molar-refractivity contribution >= 4 is 6.09 Å². The number of amides is 1. The first kappa shape index (κ1) is 18.7. The van der Waals surface area contributed by atoms with Crippen LogP contribution in [-0.2, 0) is 9.47 Å². The number of rotatable bonds is 2. The van der Waals surface area contributed by atoms with Crippen LogP contribution in [0.25, 0.3) is 0 Å². The molecule has 0 bridgehead atoms. The van der Waals surface area contributed by atoms with Gasteiger partial charge >= 0.3 is 6.09 Å². The number of hydrogen-bond donors (Lipinski definition) is 0. The van der Waals surface area contributed by atoms with Crippen molar-refractivity contribution in [1.82, 2.24) is 4.90 Å². The molecule has 2 aliphatic rings. The first-order valence-electron chi connectivity index (χ1n) is 8.29. The molecule has 1 saturated heterocycles. The molecule has 0 spiro atoms. The maximum absolute atomic E-state index is 14.8. The molecule has 4 nitrogen and oxygen atoms in total. The van der Waals surface area contributed by atoms with Crippen molar-refractivity contribution in [2.24, 2.45) is 11.3 Å². The molecule has 1 aliphatic heterocycles. The third kappa shape index (κ3) is 4.08. The second-order valence-electron chi connectivity index (χ2n) is 7.83. The fourth-order valence-electron chi connectivity index (χ4n) is 3.41. The second kappa shape index (κ2) is 6.73. The minimum Gasteiger partial charge on any atom is -0.494 e. The highest BCUT2D eigenvalue weighted by Crippen LogP contribution is 2.46. The molecule has 1 aliphatic carbocycles. The second-order valence-corrected chi connectivity index (χ2v) is 7.83. The van der Waals surface area contributed by atoms with Gasteiger partial charge < -0.3 is 14.4 Å². The van der Waals surface area contributed by atoms with E-state index >= 15 is 0 Å². The van der Waals surface area contributed by atoms with Crippen LogP contribution >= 0.6 is 0 Å². The monoisotopic (exact) mass is 343 g/mol. The summed E-state index contributed by atoms with van der Waals surface area (Å²) < 4.78 is 39.1. The number of piperidine rings is 1. The maximum atomic E-state index is 14.8. The average Bonchev–Trinajstić information content (AvgIpc) is 2.45. The molecule has 24 heavy (non-hydrogen) atoms. The molecular formula is C18H27F2NO3. The van der Waals surface area contributed by atoms with E-state index in [1.165, 1.54) is 12.0 Å². The van der Waals surface area contributed by atoms with Gasteiger partial charge in [-0.3, -0.25) is 0 Å². The highest BCUT2D eigenvalue weighted by Gasteiger charge is 2.44. The summed E-state index contributed by atoms with van der Waals surface area (Å²) in [5.74, 6) is -0.505. The number of allylic oxidation sites excluding steroid dienone is 3. The van der Waals surface area contributed by atoms with E-state index in [2.05, 4.69) is 0 Å². The smallest absolute Gasteiger partial charge is 0.410 e. The van der Waals surface area contributed by atoms with E-state index < -0.39 is 23.3 Å². The Labute approximate surface area is 142 Å². The summed E-state index contributed by atoms with van der Waals surface area (Å²) in [4.78, 5) is 13.5. The molecular weight excluding hydrogens is 316 g/mol. The van der Waals surface area contributed by atoms with Gasteiger partial charge in [-0.15, -0.1) is 0 Å². The van der Waals surface area contributed by atoms with Gasteiger partial charge in [0.1, 0.15) is 23.4 Å². The Morgan fingerprint density at radius 1 is 1.42 bits per heavy atom. The molecule has 1 amide bonds. The Morgan fingerprint density at radius 3 is 2.58 bits per heavy atom. The summed E-state index contributed by atoms with van der Waals surface area (Å²) in [7, 11) is 1.42. The van der Waals surface area contributed by atoms with Crippen molar-refractivity contribution in [2.45, 2.75) is 52.3 Å². The SMILES string of the molecule is COC1=C(F)CC(C)([C@@H]2CCN(C(=O)OC(C)(C)C)C[C@H]2F)C=C1. The number of hydrogen-bond acceptors (Lipinski definition) is 3. The predicted octanol–water partition coefficient (Wildman–Crippen LogP) is 4.38. The van der Waals surface area contributed by atoms with Gasteiger partial charge in [0.2, 0.25) is 0 Å². The van der Waals surface area contributed by atoms with Crippen molar-refractivity contribution in [3.05, 3.63) is 23.7 Å². The lowest BCUT2D eigenvalue weighted by atomic mass is 9.67. The first-order valence-corrected chi connectivity index (χ1v) is 8.29. The van der Waals surface area contributed by atoms with E-state index in [-0.39, 0.29) is 30.5 Å². The molecule has 1 unspecified atom stereocenters. The van der Waals surface area contributed by atoms with E-state index in [9.17, 15) is 13.6 Å². The molecule has 136 valence electrons. The largest absolute Gasteiger partial charge is 0.494 e. The Morgan fingerprint density at radius 2 is 2.08 bits per heavy atom. The van der Waals surface area contributed by atoms with Gasteiger partial charge in [0.25, 0.3) is 0 Å². The van der Waals surface area contributed by atoms with Gasteiger partial charge in [-0.2, -0.15) is 0 Å². The van der Waals surface area contributed by atoms with Gasteiger partial charge in [-0.25, -0.2) is 13.6 Å². The van der Waals surface area contributed by atoms with Crippen molar-refractivity contribution in [3.63, 3.8) is 0 Å². The number of likely N-dealkylation sites (tertiary alicyclic amines) is 1. The molecule has 2 rings (SSSR count). The molecule has 1 heterocycles. The quantitative estimate of drug-likeness (QED) is 0.747. The lowest BCUT2D eigenvalue weighted by molar-refractivity contribution is -0.00956. The normalized spacial score (nSPS) is 31.2. The predicted molar refractivity (Wildman–Crippen MR) is 87.8 cm³/mol. The summed E-state index contributed by atoms with van der Waals surface area (Å²) in [6, 6.07) is 0. The zero-order chi connectivity index (χ0) is 18.1. The highest BCUT2D eigenvalue weighted by molar-refractivity contribution is 5.68. The topological polar surface area (TPSA) is 38.8 Å². The number of carbonyl (C=O) groups excluding carboxylic acids is 1. The van der Waals surface area contributed by atoms with Crippen LogP contribution in [0.4, 0.5) is 13.6 Å². The van der Waals surface area contributed by atoms with E-state index in [1.54, 1.807) is 26.8 Å². The van der Waals surface area contributed by atoms with Crippen LogP contribution in [0.5, 0.6) is 0 Å². The number of methoxy groups -OCH3 is 1. The van der Waals surface area contributed by atoms with E-state index in [0.29, 0.717) is 13.0 Å². The average molecular weight is 343 g/mol. The maximum Gasteiger partial charge on any atom is 0.410 e. The molecule has 3 atom stereocenters.